The Bertz CT molecular complexity index is 620. The Morgan fingerprint density at radius 3 is 2.56 bits per heavy atom. The highest BCUT2D eigenvalue weighted by Gasteiger charge is 2.42. The van der Waals surface area contributed by atoms with Gasteiger partial charge >= 0.3 is 5.97 Å². The molecule has 1 unspecified atom stereocenters. The predicted octanol–water partition coefficient (Wildman–Crippen LogP) is 2.34. The summed E-state index contributed by atoms with van der Waals surface area (Å²) in [6.07, 6.45) is 8.91. The fraction of sp³-hybridized carbons (Fsp3) is 0.778. The van der Waals surface area contributed by atoms with Crippen molar-refractivity contribution < 1.29 is 14.7 Å². The van der Waals surface area contributed by atoms with Crippen molar-refractivity contribution in [3.8, 4) is 0 Å². The van der Waals surface area contributed by atoms with Crippen molar-refractivity contribution in [1.82, 2.24) is 19.7 Å². The van der Waals surface area contributed by atoms with Crippen LogP contribution in [0.25, 0.3) is 0 Å². The van der Waals surface area contributed by atoms with E-state index >= 15 is 0 Å². The number of amides is 1. The Balaban J connectivity index is 1.69. The van der Waals surface area contributed by atoms with Crippen LogP contribution < -0.4 is 0 Å². The number of carboxylic acid groups (broad SMARTS) is 1. The van der Waals surface area contributed by atoms with E-state index in [0.717, 1.165) is 44.3 Å². The molecule has 7 heteroatoms. The molecule has 1 N–H and O–H groups in total. The summed E-state index contributed by atoms with van der Waals surface area (Å²) in [7, 11) is 1.92. The SMILES string of the molecule is Cn1cnnc1C1CCCN(C(=O)CC2(C(=O)O)CCCCCC2)C1. The Labute approximate surface area is 148 Å². The molecule has 0 aromatic carbocycles. The van der Waals surface area contributed by atoms with Crippen LogP contribution in [0.3, 0.4) is 0 Å². The molecule has 25 heavy (non-hydrogen) atoms. The van der Waals surface area contributed by atoms with E-state index in [4.69, 9.17) is 0 Å². The maximum atomic E-state index is 12.9. The molecule has 1 amide bonds. The normalized spacial score (nSPS) is 23.9. The summed E-state index contributed by atoms with van der Waals surface area (Å²) in [5.41, 5.74) is -0.870. The zero-order chi connectivity index (χ0) is 17.9. The van der Waals surface area contributed by atoms with E-state index in [-0.39, 0.29) is 18.2 Å². The number of aryl methyl sites for hydroxylation is 1. The molecule has 1 aliphatic heterocycles. The van der Waals surface area contributed by atoms with Gasteiger partial charge in [0.1, 0.15) is 12.2 Å². The number of hydrogen-bond donors (Lipinski definition) is 1. The summed E-state index contributed by atoms with van der Waals surface area (Å²) in [6, 6.07) is 0. The van der Waals surface area contributed by atoms with Crippen molar-refractivity contribution in [3.63, 3.8) is 0 Å². The van der Waals surface area contributed by atoms with Crippen LogP contribution in [0.2, 0.25) is 0 Å². The largest absolute Gasteiger partial charge is 0.481 e. The first kappa shape index (κ1) is 17.9. The molecule has 138 valence electrons. The van der Waals surface area contributed by atoms with Crippen molar-refractivity contribution in [2.24, 2.45) is 12.5 Å². The van der Waals surface area contributed by atoms with Gasteiger partial charge in [-0.1, -0.05) is 25.7 Å². The van der Waals surface area contributed by atoms with Gasteiger partial charge in [-0.2, -0.15) is 0 Å². The molecule has 0 bridgehead atoms. The average Bonchev–Trinajstić information content (AvgIpc) is 2.88. The molecule has 2 aliphatic rings. The number of nitrogens with zero attached hydrogens (tertiary/aromatic N) is 4. The molecular formula is C18H28N4O3. The summed E-state index contributed by atoms with van der Waals surface area (Å²) in [5.74, 6) is 0.265. The minimum Gasteiger partial charge on any atom is -0.481 e. The Morgan fingerprint density at radius 2 is 1.96 bits per heavy atom. The third kappa shape index (κ3) is 3.85. The summed E-state index contributed by atoms with van der Waals surface area (Å²) in [5, 5.41) is 17.9. The van der Waals surface area contributed by atoms with Crippen molar-refractivity contribution >= 4 is 11.9 Å². The number of aliphatic carboxylic acids is 1. The van der Waals surface area contributed by atoms with Crippen LogP contribution in [0, 0.1) is 5.41 Å². The number of carbonyl (C=O) groups excluding carboxylic acids is 1. The molecule has 1 aromatic heterocycles. The molecule has 1 saturated heterocycles. The third-order valence-corrected chi connectivity index (χ3v) is 5.89. The van der Waals surface area contributed by atoms with E-state index in [1.807, 2.05) is 16.5 Å². The Hall–Kier alpha value is -1.92. The lowest BCUT2D eigenvalue weighted by molar-refractivity contribution is -0.155. The lowest BCUT2D eigenvalue weighted by atomic mass is 9.77. The van der Waals surface area contributed by atoms with E-state index in [1.165, 1.54) is 0 Å². The third-order valence-electron chi connectivity index (χ3n) is 5.89. The van der Waals surface area contributed by atoms with Crippen LogP contribution in [0.5, 0.6) is 0 Å². The Morgan fingerprint density at radius 1 is 1.24 bits per heavy atom. The number of aromatic nitrogens is 3. The van der Waals surface area contributed by atoms with Gasteiger partial charge in [-0.15, -0.1) is 10.2 Å². The molecule has 3 rings (SSSR count). The Kier molecular flexibility index (Phi) is 5.39. The fourth-order valence-electron chi connectivity index (χ4n) is 4.35. The number of likely N-dealkylation sites (tertiary alicyclic amines) is 1. The lowest BCUT2D eigenvalue weighted by Crippen LogP contribution is -2.44. The zero-order valence-corrected chi connectivity index (χ0v) is 15.0. The average molecular weight is 348 g/mol. The number of carboxylic acids is 1. The van der Waals surface area contributed by atoms with Crippen LogP contribution >= 0.6 is 0 Å². The van der Waals surface area contributed by atoms with Crippen LogP contribution in [-0.2, 0) is 16.6 Å². The number of rotatable bonds is 4. The van der Waals surface area contributed by atoms with Gasteiger partial charge in [-0.3, -0.25) is 9.59 Å². The van der Waals surface area contributed by atoms with E-state index in [1.54, 1.807) is 6.33 Å². The van der Waals surface area contributed by atoms with E-state index in [2.05, 4.69) is 10.2 Å². The standard InChI is InChI=1S/C18H28N4O3/c1-21-13-19-20-16(21)14-7-6-10-22(12-14)15(23)11-18(17(24)25)8-4-2-3-5-9-18/h13-14H,2-12H2,1H3,(H,24,25). The molecule has 0 spiro atoms. The van der Waals surface area contributed by atoms with E-state index in [9.17, 15) is 14.7 Å². The van der Waals surface area contributed by atoms with Crippen molar-refractivity contribution in [2.45, 2.75) is 63.7 Å². The second-order valence-corrected chi connectivity index (χ2v) is 7.66. The lowest BCUT2D eigenvalue weighted by Gasteiger charge is -2.35. The first-order valence-corrected chi connectivity index (χ1v) is 9.37. The summed E-state index contributed by atoms with van der Waals surface area (Å²) in [4.78, 5) is 26.7. The van der Waals surface area contributed by atoms with E-state index < -0.39 is 11.4 Å². The second-order valence-electron chi connectivity index (χ2n) is 7.66. The highest BCUT2D eigenvalue weighted by atomic mass is 16.4. The van der Waals surface area contributed by atoms with Gasteiger partial charge in [-0.25, -0.2) is 0 Å². The first-order valence-electron chi connectivity index (χ1n) is 9.37. The minimum atomic E-state index is -0.870. The van der Waals surface area contributed by atoms with Gasteiger partial charge in [0.25, 0.3) is 0 Å². The monoisotopic (exact) mass is 348 g/mol. The molecule has 1 aromatic rings. The molecule has 0 radical (unpaired) electrons. The summed E-state index contributed by atoms with van der Waals surface area (Å²) < 4.78 is 1.91. The first-order chi connectivity index (χ1) is 12.0. The molecule has 2 fully saturated rings. The van der Waals surface area contributed by atoms with Crippen LogP contribution in [0.1, 0.15) is 69.5 Å². The number of piperidine rings is 1. The van der Waals surface area contributed by atoms with Crippen molar-refractivity contribution in [3.05, 3.63) is 12.2 Å². The van der Waals surface area contributed by atoms with Gasteiger partial charge in [0.2, 0.25) is 5.91 Å². The fourth-order valence-corrected chi connectivity index (χ4v) is 4.35. The smallest absolute Gasteiger partial charge is 0.310 e. The number of carbonyl (C=O) groups is 2. The zero-order valence-electron chi connectivity index (χ0n) is 15.0. The maximum Gasteiger partial charge on any atom is 0.310 e. The highest BCUT2D eigenvalue weighted by Crippen LogP contribution is 2.39. The van der Waals surface area contributed by atoms with Gasteiger partial charge in [0, 0.05) is 32.5 Å². The summed E-state index contributed by atoms with van der Waals surface area (Å²) in [6.45, 7) is 1.32. The van der Waals surface area contributed by atoms with Gasteiger partial charge in [-0.05, 0) is 25.7 Å². The van der Waals surface area contributed by atoms with Crippen LogP contribution in [0.4, 0.5) is 0 Å². The molecule has 1 saturated carbocycles. The van der Waals surface area contributed by atoms with Gasteiger partial charge in [0.05, 0.1) is 5.41 Å². The molecule has 1 aliphatic carbocycles. The molecule has 1 atom stereocenters. The summed E-state index contributed by atoms with van der Waals surface area (Å²) >= 11 is 0. The highest BCUT2D eigenvalue weighted by molar-refractivity contribution is 5.85. The van der Waals surface area contributed by atoms with Crippen molar-refractivity contribution in [1.29, 1.82) is 0 Å². The molecule has 7 nitrogen and oxygen atoms in total. The molecule has 2 heterocycles. The quantitative estimate of drug-likeness (QED) is 0.844. The second kappa shape index (κ2) is 7.54. The topological polar surface area (TPSA) is 88.3 Å². The van der Waals surface area contributed by atoms with Gasteiger partial charge in [0.15, 0.2) is 0 Å². The predicted molar refractivity (Wildman–Crippen MR) is 91.9 cm³/mol. The number of hydrogen-bond acceptors (Lipinski definition) is 4. The van der Waals surface area contributed by atoms with Crippen LogP contribution in [0.15, 0.2) is 6.33 Å². The van der Waals surface area contributed by atoms with Crippen LogP contribution in [-0.4, -0.2) is 49.7 Å². The minimum absolute atomic E-state index is 0.0174. The maximum absolute atomic E-state index is 12.9. The van der Waals surface area contributed by atoms with E-state index in [0.29, 0.717) is 25.9 Å². The van der Waals surface area contributed by atoms with Gasteiger partial charge < -0.3 is 14.6 Å². The molecular weight excluding hydrogens is 320 g/mol. The van der Waals surface area contributed by atoms with Crippen molar-refractivity contribution in [2.75, 3.05) is 13.1 Å².